The minimum atomic E-state index is -0.737. The van der Waals surface area contributed by atoms with Gasteiger partial charge in [0.1, 0.15) is 30.8 Å². The fourth-order valence-electron chi connectivity index (χ4n) is 6.60. The second kappa shape index (κ2) is 20.3. The third-order valence-electron chi connectivity index (χ3n) is 9.91. The molecular formula is C40H50N10O8. The van der Waals surface area contributed by atoms with Crippen molar-refractivity contribution in [1.82, 2.24) is 35.9 Å². The Kier molecular flexibility index (Phi) is 14.5. The zero-order valence-corrected chi connectivity index (χ0v) is 32.1. The highest BCUT2D eigenvalue weighted by molar-refractivity contribution is 6.06. The lowest BCUT2D eigenvalue weighted by Gasteiger charge is -2.39. The van der Waals surface area contributed by atoms with Crippen LogP contribution in [0.3, 0.4) is 0 Å². The number of carbonyl (C=O) groups excluding carboxylic acids is 4. The predicted molar refractivity (Wildman–Crippen MR) is 213 cm³/mol. The van der Waals surface area contributed by atoms with E-state index in [-0.39, 0.29) is 56.4 Å². The molecule has 2 aliphatic rings. The van der Waals surface area contributed by atoms with Gasteiger partial charge in [0.2, 0.25) is 0 Å². The van der Waals surface area contributed by atoms with E-state index in [2.05, 4.69) is 26.1 Å². The third-order valence-corrected chi connectivity index (χ3v) is 9.91. The molecule has 308 valence electrons. The van der Waals surface area contributed by atoms with Gasteiger partial charge in [-0.05, 0) is 35.2 Å². The first-order valence-corrected chi connectivity index (χ1v) is 19.2. The Labute approximate surface area is 335 Å². The Morgan fingerprint density at radius 1 is 0.897 bits per heavy atom. The van der Waals surface area contributed by atoms with Gasteiger partial charge in [-0.1, -0.05) is 60.7 Å². The molecule has 0 spiro atoms. The molecule has 2 aliphatic heterocycles. The number of amides is 5. The largest absolute Gasteiger partial charge is 0.447 e. The molecule has 3 aromatic carbocycles. The SMILES string of the molecule is N=C(N)c1ccc2c(C(=O)NCCCNC(=O)OC[C@@H]3OCC[C@@H](OC(=O)N4CCN(C(=O)NCc5ccc(CN)cc5)CC4)[C@@H]3OCc3ccccc3)n[nH]c2c1. The summed E-state index contributed by atoms with van der Waals surface area (Å²) >= 11 is 0. The van der Waals surface area contributed by atoms with Crippen LogP contribution < -0.4 is 27.4 Å². The van der Waals surface area contributed by atoms with Gasteiger partial charge in [-0.2, -0.15) is 5.10 Å². The molecule has 0 bridgehead atoms. The number of fused-ring (bicyclic) bond motifs is 1. The van der Waals surface area contributed by atoms with Gasteiger partial charge < -0.3 is 56.2 Å². The number of aromatic nitrogens is 2. The number of rotatable bonds is 15. The fourth-order valence-corrected chi connectivity index (χ4v) is 6.60. The van der Waals surface area contributed by atoms with Crippen LogP contribution in [0.25, 0.3) is 10.9 Å². The number of nitrogens with one attached hydrogen (secondary N) is 5. The highest BCUT2D eigenvalue weighted by Crippen LogP contribution is 2.24. The number of nitrogen functional groups attached to an aromatic ring is 1. The molecule has 0 unspecified atom stereocenters. The first-order chi connectivity index (χ1) is 28.2. The van der Waals surface area contributed by atoms with Crippen LogP contribution in [-0.4, -0.2) is 121 Å². The Balaban J connectivity index is 0.943. The molecule has 1 aromatic heterocycles. The first-order valence-electron chi connectivity index (χ1n) is 19.2. The lowest BCUT2D eigenvalue weighted by atomic mass is 10.0. The van der Waals surface area contributed by atoms with Gasteiger partial charge in [-0.3, -0.25) is 15.3 Å². The van der Waals surface area contributed by atoms with E-state index in [1.807, 2.05) is 54.6 Å². The van der Waals surface area contributed by atoms with Crippen molar-refractivity contribution >= 4 is 40.9 Å². The molecule has 18 heteroatoms. The second-order valence-electron chi connectivity index (χ2n) is 13.9. The van der Waals surface area contributed by atoms with Gasteiger partial charge in [0.15, 0.2) is 5.69 Å². The lowest BCUT2D eigenvalue weighted by Crippen LogP contribution is -2.55. The summed E-state index contributed by atoms with van der Waals surface area (Å²) in [5.74, 6) is -0.475. The molecule has 4 aromatic rings. The van der Waals surface area contributed by atoms with Gasteiger partial charge in [0.05, 0.1) is 18.7 Å². The number of hydrogen-bond acceptors (Lipinski definition) is 11. The Morgan fingerprint density at radius 2 is 1.62 bits per heavy atom. The highest BCUT2D eigenvalue weighted by Gasteiger charge is 2.40. The summed E-state index contributed by atoms with van der Waals surface area (Å²) in [6.45, 7) is 2.93. The van der Waals surface area contributed by atoms with Gasteiger partial charge in [0, 0.05) is 69.7 Å². The number of benzene rings is 3. The predicted octanol–water partition coefficient (Wildman–Crippen LogP) is 2.56. The minimum Gasteiger partial charge on any atom is -0.447 e. The molecule has 9 N–H and O–H groups in total. The van der Waals surface area contributed by atoms with Gasteiger partial charge in [0.25, 0.3) is 5.91 Å². The summed E-state index contributed by atoms with van der Waals surface area (Å²) in [7, 11) is 0. The molecule has 3 heterocycles. The van der Waals surface area contributed by atoms with E-state index in [0.717, 1.165) is 16.7 Å². The average molecular weight is 799 g/mol. The van der Waals surface area contributed by atoms with E-state index < -0.39 is 30.5 Å². The quantitative estimate of drug-likeness (QED) is 0.0523. The van der Waals surface area contributed by atoms with Crippen LogP contribution in [0.4, 0.5) is 14.4 Å². The Hall–Kier alpha value is -6.24. The van der Waals surface area contributed by atoms with Gasteiger partial charge in [-0.15, -0.1) is 0 Å². The number of piperazine rings is 1. The fraction of sp³-hybridized carbons (Fsp3) is 0.400. The average Bonchev–Trinajstić information content (AvgIpc) is 3.68. The topological polar surface area (TPSA) is 252 Å². The van der Waals surface area contributed by atoms with Crippen LogP contribution in [0, 0.1) is 5.41 Å². The van der Waals surface area contributed by atoms with Gasteiger partial charge in [-0.25, -0.2) is 14.4 Å². The van der Waals surface area contributed by atoms with E-state index in [1.165, 1.54) is 0 Å². The van der Waals surface area contributed by atoms with Crippen LogP contribution in [0.15, 0.2) is 72.8 Å². The molecule has 5 amide bonds. The van der Waals surface area contributed by atoms with Crippen LogP contribution in [0.5, 0.6) is 0 Å². The van der Waals surface area contributed by atoms with Gasteiger partial charge >= 0.3 is 18.2 Å². The molecule has 2 saturated heterocycles. The molecule has 18 nitrogen and oxygen atoms in total. The summed E-state index contributed by atoms with van der Waals surface area (Å²) in [5, 5.41) is 23.5. The maximum atomic E-state index is 13.4. The smallest absolute Gasteiger partial charge is 0.410 e. The van der Waals surface area contributed by atoms with Crippen molar-refractivity contribution in [1.29, 1.82) is 5.41 Å². The van der Waals surface area contributed by atoms with Crippen LogP contribution >= 0.6 is 0 Å². The summed E-state index contributed by atoms with van der Waals surface area (Å²) in [4.78, 5) is 54.9. The molecule has 6 rings (SSSR count). The van der Waals surface area contributed by atoms with Crippen molar-refractivity contribution in [2.75, 3.05) is 52.5 Å². The molecule has 0 saturated carbocycles. The number of nitrogens with two attached hydrogens (primary N) is 2. The first kappa shape index (κ1) is 41.4. The Morgan fingerprint density at radius 3 is 2.36 bits per heavy atom. The number of urea groups is 1. The third kappa shape index (κ3) is 11.2. The van der Waals surface area contributed by atoms with Crippen molar-refractivity contribution in [2.45, 2.75) is 50.8 Å². The zero-order chi connectivity index (χ0) is 40.9. The van der Waals surface area contributed by atoms with Crippen LogP contribution in [-0.2, 0) is 38.6 Å². The molecule has 3 atom stereocenters. The normalized spacial score (nSPS) is 18.0. The molecule has 0 radical (unpaired) electrons. The number of hydrogen-bond donors (Lipinski definition) is 7. The lowest BCUT2D eigenvalue weighted by molar-refractivity contribution is -0.177. The Bertz CT molecular complexity index is 2020. The summed E-state index contributed by atoms with van der Waals surface area (Å²) in [6.07, 6.45) is -2.54. The zero-order valence-electron chi connectivity index (χ0n) is 32.1. The molecular weight excluding hydrogens is 749 g/mol. The molecule has 0 aliphatic carbocycles. The maximum Gasteiger partial charge on any atom is 0.410 e. The summed E-state index contributed by atoms with van der Waals surface area (Å²) in [6, 6.07) is 22.0. The second-order valence-corrected chi connectivity index (χ2v) is 13.9. The van der Waals surface area contributed by atoms with Crippen molar-refractivity contribution in [3.8, 4) is 0 Å². The van der Waals surface area contributed by atoms with E-state index in [1.54, 1.807) is 28.0 Å². The number of amidine groups is 1. The van der Waals surface area contributed by atoms with Crippen molar-refractivity contribution < 1.29 is 38.1 Å². The van der Waals surface area contributed by atoms with Crippen molar-refractivity contribution in [3.05, 3.63) is 101 Å². The molecule has 58 heavy (non-hydrogen) atoms. The monoisotopic (exact) mass is 798 g/mol. The van der Waals surface area contributed by atoms with E-state index >= 15 is 0 Å². The molecule has 2 fully saturated rings. The number of H-pyrrole nitrogens is 1. The highest BCUT2D eigenvalue weighted by atomic mass is 16.6. The number of ether oxygens (including phenoxy) is 4. The number of carbonyl (C=O) groups is 4. The summed E-state index contributed by atoms with van der Waals surface area (Å²) in [5.41, 5.74) is 15.4. The van der Waals surface area contributed by atoms with Crippen molar-refractivity contribution in [2.24, 2.45) is 11.5 Å². The number of aromatic amines is 1. The van der Waals surface area contributed by atoms with Crippen molar-refractivity contribution in [3.63, 3.8) is 0 Å². The van der Waals surface area contributed by atoms with E-state index in [0.29, 0.717) is 68.6 Å². The standard InChI is InChI=1S/C40H50N10O8/c41-22-26-7-9-27(10-8-26)23-46-38(52)49-16-18-50(19-17-49)40(54)58-32-13-20-55-33(35(32)56-24-28-5-2-1-3-6-28)25-57-39(53)45-15-4-14-44-37(51)34-30-12-11-29(36(42)43)21-31(30)47-48-34/h1-3,5-12,21,32-33,35H,4,13-20,22-25,41H2,(H3,42,43)(H,44,51)(H,45,53)(H,46,52)(H,47,48)/t32-,33+,35+/m1/s1. The number of alkyl carbamates (subject to hydrolysis) is 1. The van der Waals surface area contributed by atoms with E-state index in [4.69, 9.17) is 35.8 Å². The minimum absolute atomic E-state index is 0.0883. The van der Waals surface area contributed by atoms with Crippen LogP contribution in [0.2, 0.25) is 0 Å². The maximum absolute atomic E-state index is 13.4. The van der Waals surface area contributed by atoms with E-state index in [9.17, 15) is 19.2 Å². The number of nitrogens with zero attached hydrogens (tertiary/aromatic N) is 3. The van der Waals surface area contributed by atoms with Crippen LogP contribution in [0.1, 0.15) is 45.6 Å². The summed E-state index contributed by atoms with van der Waals surface area (Å²) < 4.78 is 23.8.